The molecule has 0 saturated heterocycles. The maximum atomic E-state index is 8.15. The summed E-state index contributed by atoms with van der Waals surface area (Å²) in [7, 11) is 1.28. The first-order valence-electron chi connectivity index (χ1n) is 2.08. The van der Waals surface area contributed by atoms with E-state index in [1.54, 1.807) is 6.07 Å². The fraction of sp³-hybridized carbons (Fsp3) is 0.250. The van der Waals surface area contributed by atoms with Gasteiger partial charge in [0.25, 0.3) is 0 Å². The lowest BCUT2D eigenvalue weighted by Crippen LogP contribution is -2.20. The van der Waals surface area contributed by atoms with E-state index in [1.807, 2.05) is 0 Å². The Morgan fingerprint density at radius 2 is 2.44 bits per heavy atom. The molecule has 0 aliphatic carbocycles. The monoisotopic (exact) mass is 126 g/mol. The predicted molar refractivity (Wildman–Crippen MR) is 32.0 cm³/mol. The predicted octanol–water partition coefficient (Wildman–Crippen LogP) is -0.552. The van der Waals surface area contributed by atoms with Crippen molar-refractivity contribution in [3.8, 4) is 6.07 Å². The number of nitriles is 1. The molecule has 0 saturated carbocycles. The van der Waals surface area contributed by atoms with Crippen LogP contribution in [0.25, 0.3) is 0 Å². The number of rotatable bonds is 2. The van der Waals surface area contributed by atoms with E-state index in [2.05, 4.69) is 9.99 Å². The van der Waals surface area contributed by atoms with Gasteiger partial charge in [0.1, 0.15) is 13.2 Å². The fourth-order valence-corrected chi connectivity index (χ4v) is 0.221. The summed E-state index contributed by atoms with van der Waals surface area (Å²) in [5, 5.41) is 18.0. The Balaban J connectivity index is 4.20. The highest BCUT2D eigenvalue weighted by molar-refractivity contribution is 6.45. The van der Waals surface area contributed by atoms with Gasteiger partial charge in [-0.3, -0.25) is 5.41 Å². The van der Waals surface area contributed by atoms with Crippen LogP contribution in [0.3, 0.4) is 0 Å². The molecule has 0 amide bonds. The third-order valence-corrected chi connectivity index (χ3v) is 0.544. The van der Waals surface area contributed by atoms with Crippen LogP contribution in [0.15, 0.2) is 5.16 Å². The number of nitrogens with two attached hydrogens (primary N) is 1. The van der Waals surface area contributed by atoms with Gasteiger partial charge in [0.05, 0.1) is 0 Å². The Labute approximate surface area is 52.2 Å². The minimum atomic E-state index is -0.389. The number of nitrogens with one attached hydrogen (secondary N) is 1. The molecule has 5 heteroatoms. The summed E-state index contributed by atoms with van der Waals surface area (Å²) in [4.78, 5) is 4.20. The SMILES string of the molecule is CON=C(C#N)C(=N)N. The first kappa shape index (κ1) is 7.43. The van der Waals surface area contributed by atoms with Gasteiger partial charge in [-0.2, -0.15) is 5.26 Å². The van der Waals surface area contributed by atoms with E-state index in [4.69, 9.17) is 16.4 Å². The van der Waals surface area contributed by atoms with E-state index in [1.165, 1.54) is 7.11 Å². The summed E-state index contributed by atoms with van der Waals surface area (Å²) in [6.07, 6.45) is 0. The Kier molecular flexibility index (Phi) is 2.84. The van der Waals surface area contributed by atoms with Crippen molar-refractivity contribution in [2.75, 3.05) is 7.11 Å². The molecule has 0 heterocycles. The van der Waals surface area contributed by atoms with Crippen LogP contribution in [-0.4, -0.2) is 18.7 Å². The second-order valence-electron chi connectivity index (χ2n) is 1.15. The molecule has 0 aliphatic heterocycles. The van der Waals surface area contributed by atoms with Crippen LogP contribution < -0.4 is 5.73 Å². The Bertz CT molecular complexity index is 177. The minimum absolute atomic E-state index is 0.211. The van der Waals surface area contributed by atoms with Gasteiger partial charge in [0.15, 0.2) is 5.84 Å². The highest BCUT2D eigenvalue weighted by Gasteiger charge is 1.99. The summed E-state index contributed by atoms with van der Waals surface area (Å²) in [5.74, 6) is -0.389. The van der Waals surface area contributed by atoms with Crippen molar-refractivity contribution in [3.63, 3.8) is 0 Å². The molecule has 5 nitrogen and oxygen atoms in total. The minimum Gasteiger partial charge on any atom is -0.398 e. The van der Waals surface area contributed by atoms with Gasteiger partial charge in [-0.15, -0.1) is 0 Å². The smallest absolute Gasteiger partial charge is 0.220 e. The van der Waals surface area contributed by atoms with E-state index >= 15 is 0 Å². The largest absolute Gasteiger partial charge is 0.398 e. The van der Waals surface area contributed by atoms with Crippen molar-refractivity contribution in [1.82, 2.24) is 0 Å². The van der Waals surface area contributed by atoms with Crippen LogP contribution >= 0.6 is 0 Å². The van der Waals surface area contributed by atoms with Gasteiger partial charge in [-0.1, -0.05) is 5.16 Å². The first-order chi connectivity index (χ1) is 4.22. The lowest BCUT2D eigenvalue weighted by atomic mass is 10.4. The molecule has 0 atom stereocenters. The summed E-state index contributed by atoms with van der Waals surface area (Å²) in [5.41, 5.74) is 4.67. The zero-order chi connectivity index (χ0) is 7.28. The van der Waals surface area contributed by atoms with Gasteiger partial charge >= 0.3 is 0 Å². The van der Waals surface area contributed by atoms with Crippen molar-refractivity contribution in [3.05, 3.63) is 0 Å². The highest BCUT2D eigenvalue weighted by Crippen LogP contribution is 1.75. The molecule has 0 unspecified atom stereocenters. The van der Waals surface area contributed by atoms with Crippen LogP contribution in [0.1, 0.15) is 0 Å². The van der Waals surface area contributed by atoms with Gasteiger partial charge < -0.3 is 10.6 Å². The fourth-order valence-electron chi connectivity index (χ4n) is 0.221. The lowest BCUT2D eigenvalue weighted by molar-refractivity contribution is 0.214. The molecule has 0 bridgehead atoms. The number of hydrogen-bond donors (Lipinski definition) is 2. The van der Waals surface area contributed by atoms with Gasteiger partial charge in [0, 0.05) is 0 Å². The molecular weight excluding hydrogens is 120 g/mol. The molecular formula is C4H6N4O. The molecule has 0 spiro atoms. The normalized spacial score (nSPS) is 10.0. The second kappa shape index (κ2) is 3.43. The van der Waals surface area contributed by atoms with Gasteiger partial charge in [-0.25, -0.2) is 0 Å². The van der Waals surface area contributed by atoms with Crippen LogP contribution in [0.2, 0.25) is 0 Å². The quantitative estimate of drug-likeness (QED) is 0.295. The van der Waals surface area contributed by atoms with E-state index < -0.39 is 0 Å². The summed E-state index contributed by atoms with van der Waals surface area (Å²) in [6.45, 7) is 0. The average Bonchev–Trinajstić information content (AvgIpc) is 1.82. The maximum absolute atomic E-state index is 8.15. The Morgan fingerprint density at radius 1 is 1.89 bits per heavy atom. The van der Waals surface area contributed by atoms with Crippen molar-refractivity contribution < 1.29 is 4.84 Å². The third kappa shape index (κ3) is 2.29. The molecule has 0 aliphatic rings. The van der Waals surface area contributed by atoms with Crippen molar-refractivity contribution in [2.24, 2.45) is 10.9 Å². The van der Waals surface area contributed by atoms with Crippen molar-refractivity contribution >= 4 is 11.5 Å². The topological polar surface area (TPSA) is 95.2 Å². The highest BCUT2D eigenvalue weighted by atomic mass is 16.6. The Morgan fingerprint density at radius 3 is 2.56 bits per heavy atom. The van der Waals surface area contributed by atoms with Gasteiger partial charge in [0.2, 0.25) is 5.71 Å². The zero-order valence-electron chi connectivity index (χ0n) is 4.88. The second-order valence-corrected chi connectivity index (χ2v) is 1.15. The molecule has 0 radical (unpaired) electrons. The van der Waals surface area contributed by atoms with Crippen LogP contribution in [0, 0.1) is 16.7 Å². The van der Waals surface area contributed by atoms with E-state index in [9.17, 15) is 0 Å². The molecule has 9 heavy (non-hydrogen) atoms. The van der Waals surface area contributed by atoms with Crippen LogP contribution in [-0.2, 0) is 4.84 Å². The first-order valence-corrected chi connectivity index (χ1v) is 2.08. The molecule has 0 rings (SSSR count). The van der Waals surface area contributed by atoms with Crippen molar-refractivity contribution in [1.29, 1.82) is 10.7 Å². The van der Waals surface area contributed by atoms with E-state index in [0.29, 0.717) is 0 Å². The van der Waals surface area contributed by atoms with Crippen LogP contribution in [0.4, 0.5) is 0 Å². The number of nitrogens with zero attached hydrogens (tertiary/aromatic N) is 2. The molecule has 48 valence electrons. The molecule has 0 aromatic rings. The number of hydrogen-bond acceptors (Lipinski definition) is 4. The van der Waals surface area contributed by atoms with E-state index in [0.717, 1.165) is 0 Å². The maximum Gasteiger partial charge on any atom is 0.220 e. The molecule has 0 aromatic carbocycles. The number of oxime groups is 1. The summed E-state index contributed by atoms with van der Waals surface area (Å²) < 4.78 is 0. The average molecular weight is 126 g/mol. The summed E-state index contributed by atoms with van der Waals surface area (Å²) >= 11 is 0. The zero-order valence-corrected chi connectivity index (χ0v) is 4.88. The third-order valence-electron chi connectivity index (χ3n) is 0.544. The molecule has 0 aromatic heterocycles. The summed E-state index contributed by atoms with van der Waals surface area (Å²) in [6, 6.07) is 1.58. The lowest BCUT2D eigenvalue weighted by Gasteiger charge is -1.89. The van der Waals surface area contributed by atoms with E-state index in [-0.39, 0.29) is 11.5 Å². The van der Waals surface area contributed by atoms with Gasteiger partial charge in [-0.05, 0) is 0 Å². The van der Waals surface area contributed by atoms with Crippen molar-refractivity contribution in [2.45, 2.75) is 0 Å². The molecule has 0 fully saturated rings. The number of amidine groups is 1. The Hall–Kier alpha value is -1.57. The molecule has 3 N–H and O–H groups in total. The standard InChI is InChI=1S/C4H6N4O/c1-9-8-3(2-5)4(6)7/h1H3,(H3,6,7). The van der Waals surface area contributed by atoms with Crippen LogP contribution in [0.5, 0.6) is 0 Å².